The lowest BCUT2D eigenvalue weighted by Crippen LogP contribution is -2.00. The van der Waals surface area contributed by atoms with E-state index in [0.29, 0.717) is 11.1 Å². The standard InChI is InChI=1S/C20H11Cl2FN2O3/c21-14-4-2-5-15(22)18(14)28-19-13-3-1-6-16(23)17(13)25(24-19)12-9-7-11(8-10-12)20(26)27/h1-10H,(H,26,27). The number of carbonyl (C=O) groups is 1. The Balaban J connectivity index is 1.88. The third kappa shape index (κ3) is 3.17. The maximum absolute atomic E-state index is 14.6. The van der Waals surface area contributed by atoms with Gasteiger partial charge in [-0.3, -0.25) is 0 Å². The quantitative estimate of drug-likeness (QED) is 0.445. The molecule has 0 aliphatic heterocycles. The number of rotatable bonds is 4. The van der Waals surface area contributed by atoms with Crippen molar-refractivity contribution in [2.75, 3.05) is 0 Å². The first-order valence-electron chi connectivity index (χ1n) is 8.08. The number of benzene rings is 3. The van der Waals surface area contributed by atoms with Crippen LogP contribution in [-0.2, 0) is 0 Å². The van der Waals surface area contributed by atoms with Gasteiger partial charge in [0.1, 0.15) is 11.3 Å². The Labute approximate surface area is 168 Å². The van der Waals surface area contributed by atoms with Crippen molar-refractivity contribution >= 4 is 40.1 Å². The van der Waals surface area contributed by atoms with Gasteiger partial charge in [0.15, 0.2) is 5.75 Å². The van der Waals surface area contributed by atoms with Crippen LogP contribution >= 0.6 is 23.2 Å². The first kappa shape index (κ1) is 18.3. The predicted molar refractivity (Wildman–Crippen MR) is 105 cm³/mol. The molecule has 0 bridgehead atoms. The molecule has 0 fully saturated rings. The highest BCUT2D eigenvalue weighted by molar-refractivity contribution is 6.37. The number of nitrogens with zero attached hydrogens (tertiary/aromatic N) is 2. The molecule has 140 valence electrons. The minimum absolute atomic E-state index is 0.111. The van der Waals surface area contributed by atoms with Crippen LogP contribution < -0.4 is 4.74 Å². The van der Waals surface area contributed by atoms with Gasteiger partial charge in [0.2, 0.25) is 5.88 Å². The number of hydrogen-bond donors (Lipinski definition) is 1. The van der Waals surface area contributed by atoms with E-state index in [2.05, 4.69) is 5.10 Å². The number of carboxylic acid groups (broad SMARTS) is 1. The van der Waals surface area contributed by atoms with Gasteiger partial charge < -0.3 is 9.84 Å². The Morgan fingerprint density at radius 2 is 1.64 bits per heavy atom. The summed E-state index contributed by atoms with van der Waals surface area (Å²) in [4.78, 5) is 11.1. The van der Waals surface area contributed by atoms with E-state index in [0.717, 1.165) is 0 Å². The molecule has 3 aromatic carbocycles. The maximum Gasteiger partial charge on any atom is 0.335 e. The number of halogens is 3. The Hall–Kier alpha value is -3.09. The van der Waals surface area contributed by atoms with E-state index < -0.39 is 11.8 Å². The first-order chi connectivity index (χ1) is 13.5. The van der Waals surface area contributed by atoms with E-state index in [-0.39, 0.29) is 32.8 Å². The van der Waals surface area contributed by atoms with Crippen LogP contribution in [0.1, 0.15) is 10.4 Å². The van der Waals surface area contributed by atoms with Crippen molar-refractivity contribution in [3.05, 3.63) is 82.1 Å². The average molecular weight is 417 g/mol. The third-order valence-corrected chi connectivity index (χ3v) is 4.69. The predicted octanol–water partition coefficient (Wildman–Crippen LogP) is 5.96. The number of aromatic nitrogens is 2. The van der Waals surface area contributed by atoms with Gasteiger partial charge in [-0.25, -0.2) is 13.9 Å². The molecule has 0 saturated carbocycles. The summed E-state index contributed by atoms with van der Waals surface area (Å²) in [6.45, 7) is 0. The molecule has 0 amide bonds. The second kappa shape index (κ2) is 7.14. The lowest BCUT2D eigenvalue weighted by molar-refractivity contribution is 0.0697. The zero-order valence-electron chi connectivity index (χ0n) is 14.1. The zero-order valence-corrected chi connectivity index (χ0v) is 15.6. The molecule has 0 radical (unpaired) electrons. The van der Waals surface area contributed by atoms with Gasteiger partial charge in [-0.15, -0.1) is 5.10 Å². The summed E-state index contributed by atoms with van der Waals surface area (Å²) in [5.74, 6) is -1.23. The van der Waals surface area contributed by atoms with Crippen molar-refractivity contribution in [1.29, 1.82) is 0 Å². The van der Waals surface area contributed by atoms with Gasteiger partial charge in [0.25, 0.3) is 0 Å². The monoisotopic (exact) mass is 416 g/mol. The van der Waals surface area contributed by atoms with E-state index in [1.54, 1.807) is 24.3 Å². The highest BCUT2D eigenvalue weighted by atomic mass is 35.5. The summed E-state index contributed by atoms with van der Waals surface area (Å²) >= 11 is 12.3. The van der Waals surface area contributed by atoms with Crippen LogP contribution in [0, 0.1) is 5.82 Å². The number of para-hydroxylation sites is 2. The van der Waals surface area contributed by atoms with Crippen molar-refractivity contribution in [3.63, 3.8) is 0 Å². The summed E-state index contributed by atoms with van der Waals surface area (Å²) in [6, 6.07) is 15.3. The van der Waals surface area contributed by atoms with E-state index in [9.17, 15) is 9.18 Å². The zero-order chi connectivity index (χ0) is 19.8. The number of hydrogen-bond acceptors (Lipinski definition) is 3. The molecular formula is C20H11Cl2FN2O3. The minimum atomic E-state index is -1.06. The summed E-state index contributed by atoms with van der Waals surface area (Å²) < 4.78 is 21.7. The van der Waals surface area contributed by atoms with E-state index in [1.165, 1.54) is 41.1 Å². The molecule has 4 aromatic rings. The van der Waals surface area contributed by atoms with Crippen molar-refractivity contribution < 1.29 is 19.0 Å². The van der Waals surface area contributed by atoms with Crippen LogP contribution in [0.3, 0.4) is 0 Å². The van der Waals surface area contributed by atoms with Crippen LogP contribution in [0.15, 0.2) is 60.7 Å². The van der Waals surface area contributed by atoms with Gasteiger partial charge in [0, 0.05) is 0 Å². The summed E-state index contributed by atoms with van der Waals surface area (Å²) in [7, 11) is 0. The summed E-state index contributed by atoms with van der Waals surface area (Å²) in [5, 5.41) is 14.4. The van der Waals surface area contributed by atoms with Crippen molar-refractivity contribution in [1.82, 2.24) is 9.78 Å². The van der Waals surface area contributed by atoms with Gasteiger partial charge in [-0.2, -0.15) is 0 Å². The fourth-order valence-electron chi connectivity index (χ4n) is 2.78. The average Bonchev–Trinajstić information content (AvgIpc) is 3.05. The Bertz CT molecular complexity index is 1190. The van der Waals surface area contributed by atoms with E-state index in [1.807, 2.05) is 0 Å². The molecule has 1 aromatic heterocycles. The fourth-order valence-corrected chi connectivity index (χ4v) is 3.26. The Kier molecular flexibility index (Phi) is 4.66. The Morgan fingerprint density at radius 3 is 2.29 bits per heavy atom. The first-order valence-corrected chi connectivity index (χ1v) is 8.84. The van der Waals surface area contributed by atoms with Crippen LogP contribution in [0.4, 0.5) is 4.39 Å². The topological polar surface area (TPSA) is 64.3 Å². The number of fused-ring (bicyclic) bond motifs is 1. The van der Waals surface area contributed by atoms with Gasteiger partial charge in [-0.1, -0.05) is 35.3 Å². The molecule has 0 spiro atoms. The molecule has 1 N–H and O–H groups in total. The summed E-state index contributed by atoms with van der Waals surface area (Å²) in [5.41, 5.74) is 0.768. The highest BCUT2D eigenvalue weighted by Crippen LogP contribution is 2.39. The smallest absolute Gasteiger partial charge is 0.335 e. The molecule has 5 nitrogen and oxygen atoms in total. The van der Waals surface area contributed by atoms with Crippen LogP contribution in [0.5, 0.6) is 11.6 Å². The van der Waals surface area contributed by atoms with Gasteiger partial charge in [-0.05, 0) is 48.5 Å². The van der Waals surface area contributed by atoms with Crippen LogP contribution in [-0.4, -0.2) is 20.9 Å². The van der Waals surface area contributed by atoms with Gasteiger partial charge >= 0.3 is 5.97 Å². The van der Waals surface area contributed by atoms with E-state index in [4.69, 9.17) is 33.0 Å². The SMILES string of the molecule is O=C(O)c1ccc(-n2nc(Oc3c(Cl)cccc3Cl)c3cccc(F)c32)cc1. The third-order valence-electron chi connectivity index (χ3n) is 4.10. The Morgan fingerprint density at radius 1 is 1.00 bits per heavy atom. The maximum atomic E-state index is 14.6. The number of aromatic carboxylic acids is 1. The lowest BCUT2D eigenvalue weighted by atomic mass is 10.2. The minimum Gasteiger partial charge on any atom is -0.478 e. The van der Waals surface area contributed by atoms with Crippen molar-refractivity contribution in [2.45, 2.75) is 0 Å². The molecule has 4 rings (SSSR count). The number of carboxylic acids is 1. The molecular weight excluding hydrogens is 406 g/mol. The van der Waals surface area contributed by atoms with Gasteiger partial charge in [0.05, 0.1) is 26.7 Å². The molecule has 0 aliphatic carbocycles. The summed E-state index contributed by atoms with van der Waals surface area (Å²) in [6.07, 6.45) is 0. The highest BCUT2D eigenvalue weighted by Gasteiger charge is 2.19. The van der Waals surface area contributed by atoms with Crippen molar-refractivity contribution in [2.24, 2.45) is 0 Å². The molecule has 0 saturated heterocycles. The molecule has 8 heteroatoms. The molecule has 28 heavy (non-hydrogen) atoms. The molecule has 0 unspecified atom stereocenters. The second-order valence-electron chi connectivity index (χ2n) is 5.86. The normalized spacial score (nSPS) is 11.0. The van der Waals surface area contributed by atoms with Crippen molar-refractivity contribution in [3.8, 4) is 17.3 Å². The second-order valence-corrected chi connectivity index (χ2v) is 6.67. The molecule has 0 aliphatic rings. The van der Waals surface area contributed by atoms with Crippen LogP contribution in [0.2, 0.25) is 10.0 Å². The van der Waals surface area contributed by atoms with Crippen LogP contribution in [0.25, 0.3) is 16.6 Å². The molecule has 1 heterocycles. The number of ether oxygens (including phenoxy) is 1. The fraction of sp³-hybridized carbons (Fsp3) is 0. The van der Waals surface area contributed by atoms with E-state index >= 15 is 0 Å². The molecule has 0 atom stereocenters. The largest absolute Gasteiger partial charge is 0.478 e. The lowest BCUT2D eigenvalue weighted by Gasteiger charge is -2.07.